The first-order valence-corrected chi connectivity index (χ1v) is 5.64. The third kappa shape index (κ3) is 2.78. The summed E-state index contributed by atoms with van der Waals surface area (Å²) < 4.78 is 5.74. The molecule has 88 valence electrons. The highest BCUT2D eigenvalue weighted by Gasteiger charge is 2.01. The van der Waals surface area contributed by atoms with Crippen LogP contribution in [0.5, 0.6) is 11.5 Å². The minimum Gasteiger partial charge on any atom is -0.508 e. The van der Waals surface area contributed by atoms with E-state index in [4.69, 9.17) is 4.74 Å². The van der Waals surface area contributed by atoms with Gasteiger partial charge in [-0.05, 0) is 48.7 Å². The average molecular weight is 228 g/mol. The second kappa shape index (κ2) is 4.91. The molecule has 0 unspecified atom stereocenters. The third-order valence-corrected chi connectivity index (χ3v) is 2.75. The summed E-state index contributed by atoms with van der Waals surface area (Å²) in [6.45, 7) is 4.43. The predicted octanol–water partition coefficient (Wildman–Crippen LogP) is 3.59. The minimum absolute atomic E-state index is 0.324. The van der Waals surface area contributed by atoms with E-state index >= 15 is 0 Å². The van der Waals surface area contributed by atoms with Gasteiger partial charge in [0.2, 0.25) is 0 Å². The van der Waals surface area contributed by atoms with Gasteiger partial charge in [-0.1, -0.05) is 24.3 Å². The van der Waals surface area contributed by atoms with Crippen LogP contribution >= 0.6 is 0 Å². The summed E-state index contributed by atoms with van der Waals surface area (Å²) in [5.41, 5.74) is 3.06. The Bertz CT molecular complexity index is 518. The van der Waals surface area contributed by atoms with Crippen molar-refractivity contribution in [3.63, 3.8) is 0 Å². The number of benzene rings is 2. The number of rotatable bonds is 3. The first-order chi connectivity index (χ1) is 8.16. The van der Waals surface area contributed by atoms with Gasteiger partial charge < -0.3 is 9.84 Å². The molecule has 2 aromatic carbocycles. The smallest absolute Gasteiger partial charge is 0.122 e. The van der Waals surface area contributed by atoms with Gasteiger partial charge in [-0.15, -0.1) is 0 Å². The van der Waals surface area contributed by atoms with Crippen molar-refractivity contribution in [2.45, 2.75) is 20.5 Å². The van der Waals surface area contributed by atoms with Crippen molar-refractivity contribution in [2.75, 3.05) is 0 Å². The van der Waals surface area contributed by atoms with Crippen LogP contribution in [0.15, 0.2) is 42.5 Å². The number of ether oxygens (including phenoxy) is 1. The Kier molecular flexibility index (Phi) is 3.33. The van der Waals surface area contributed by atoms with Gasteiger partial charge in [0.05, 0.1) is 0 Å². The van der Waals surface area contributed by atoms with Crippen molar-refractivity contribution < 1.29 is 9.84 Å². The molecule has 0 radical (unpaired) electrons. The van der Waals surface area contributed by atoms with E-state index in [1.54, 1.807) is 6.07 Å². The van der Waals surface area contributed by atoms with Gasteiger partial charge in [0, 0.05) is 0 Å². The fraction of sp³-hybridized carbons (Fsp3) is 0.200. The topological polar surface area (TPSA) is 29.5 Å². The van der Waals surface area contributed by atoms with Crippen LogP contribution in [0, 0.1) is 13.8 Å². The Labute approximate surface area is 101 Å². The van der Waals surface area contributed by atoms with Crippen LogP contribution in [0.1, 0.15) is 16.7 Å². The van der Waals surface area contributed by atoms with Crippen molar-refractivity contribution in [2.24, 2.45) is 0 Å². The van der Waals surface area contributed by atoms with E-state index in [0.29, 0.717) is 12.4 Å². The van der Waals surface area contributed by atoms with Gasteiger partial charge >= 0.3 is 0 Å². The normalized spacial score (nSPS) is 10.2. The van der Waals surface area contributed by atoms with E-state index < -0.39 is 0 Å². The first-order valence-electron chi connectivity index (χ1n) is 5.64. The van der Waals surface area contributed by atoms with Crippen LogP contribution in [0.25, 0.3) is 0 Å². The molecule has 2 heteroatoms. The molecule has 2 aromatic rings. The van der Waals surface area contributed by atoms with Crippen molar-refractivity contribution in [1.82, 2.24) is 0 Å². The van der Waals surface area contributed by atoms with Crippen LogP contribution in [0.3, 0.4) is 0 Å². The van der Waals surface area contributed by atoms with Crippen molar-refractivity contribution in [3.8, 4) is 11.5 Å². The molecular formula is C15H16O2. The molecule has 0 saturated heterocycles. The van der Waals surface area contributed by atoms with Crippen molar-refractivity contribution in [1.29, 1.82) is 0 Å². The lowest BCUT2D eigenvalue weighted by atomic mass is 10.1. The molecule has 2 rings (SSSR count). The first kappa shape index (κ1) is 11.5. The summed E-state index contributed by atoms with van der Waals surface area (Å²) in [5, 5.41) is 9.43. The summed E-state index contributed by atoms with van der Waals surface area (Å²) in [5.74, 6) is 1.22. The van der Waals surface area contributed by atoms with Gasteiger partial charge in [-0.25, -0.2) is 0 Å². The molecule has 0 saturated carbocycles. The number of phenols is 1. The Morgan fingerprint density at radius 1 is 1.00 bits per heavy atom. The van der Waals surface area contributed by atoms with E-state index in [-0.39, 0.29) is 0 Å². The molecule has 1 N–H and O–H groups in total. The summed E-state index contributed by atoms with van der Waals surface area (Å²) in [6, 6.07) is 13.5. The fourth-order valence-electron chi connectivity index (χ4n) is 1.69. The zero-order chi connectivity index (χ0) is 12.3. The zero-order valence-electron chi connectivity index (χ0n) is 10.1. The zero-order valence-corrected chi connectivity index (χ0v) is 10.1. The lowest BCUT2D eigenvalue weighted by molar-refractivity contribution is 0.304. The quantitative estimate of drug-likeness (QED) is 0.870. The number of hydrogen-bond acceptors (Lipinski definition) is 2. The second-order valence-electron chi connectivity index (χ2n) is 4.18. The lowest BCUT2D eigenvalue weighted by Gasteiger charge is -2.09. The lowest BCUT2D eigenvalue weighted by Crippen LogP contribution is -1.97. The van der Waals surface area contributed by atoms with Gasteiger partial charge in [0.25, 0.3) is 0 Å². The fourth-order valence-corrected chi connectivity index (χ4v) is 1.69. The van der Waals surface area contributed by atoms with Crippen LogP contribution in [0.2, 0.25) is 0 Å². The molecule has 0 atom stereocenters. The number of aryl methyl sites for hydroxylation is 2. The van der Waals surface area contributed by atoms with Gasteiger partial charge in [0.15, 0.2) is 0 Å². The molecule has 0 heterocycles. The van der Waals surface area contributed by atoms with E-state index in [0.717, 1.165) is 22.4 Å². The highest BCUT2D eigenvalue weighted by Crippen LogP contribution is 2.20. The van der Waals surface area contributed by atoms with Crippen LogP contribution < -0.4 is 4.74 Å². The largest absolute Gasteiger partial charge is 0.508 e. The summed E-state index contributed by atoms with van der Waals surface area (Å²) in [6.07, 6.45) is 0. The number of para-hydroxylation sites is 1. The van der Waals surface area contributed by atoms with Gasteiger partial charge in [-0.3, -0.25) is 0 Å². The van der Waals surface area contributed by atoms with Crippen LogP contribution in [-0.2, 0) is 6.61 Å². The highest BCUT2D eigenvalue weighted by atomic mass is 16.5. The number of hydrogen-bond donors (Lipinski definition) is 1. The molecule has 17 heavy (non-hydrogen) atoms. The maximum Gasteiger partial charge on any atom is 0.122 e. The molecule has 0 aromatic heterocycles. The maximum absolute atomic E-state index is 9.43. The highest BCUT2D eigenvalue weighted by molar-refractivity contribution is 5.36. The monoisotopic (exact) mass is 228 g/mol. The second-order valence-corrected chi connectivity index (χ2v) is 4.18. The molecule has 0 aliphatic carbocycles. The van der Waals surface area contributed by atoms with Gasteiger partial charge in [0.1, 0.15) is 18.1 Å². The van der Waals surface area contributed by atoms with Gasteiger partial charge in [-0.2, -0.15) is 0 Å². The van der Waals surface area contributed by atoms with Crippen molar-refractivity contribution in [3.05, 3.63) is 59.2 Å². The Morgan fingerprint density at radius 2 is 1.76 bits per heavy atom. The Morgan fingerprint density at radius 3 is 2.47 bits per heavy atom. The number of aromatic hydroxyl groups is 1. The molecule has 0 spiro atoms. The summed E-state index contributed by atoms with van der Waals surface area (Å²) in [7, 11) is 0. The van der Waals surface area contributed by atoms with E-state index in [2.05, 4.69) is 0 Å². The van der Waals surface area contributed by atoms with Crippen LogP contribution in [-0.4, -0.2) is 5.11 Å². The molecule has 0 aliphatic heterocycles. The Balaban J connectivity index is 2.08. The molecule has 0 fully saturated rings. The molecular weight excluding hydrogens is 212 g/mol. The average Bonchev–Trinajstić information content (AvgIpc) is 2.32. The maximum atomic E-state index is 9.43. The van der Waals surface area contributed by atoms with Crippen LogP contribution in [0.4, 0.5) is 0 Å². The Hall–Kier alpha value is -1.96. The molecule has 0 aliphatic rings. The molecule has 2 nitrogen and oxygen atoms in total. The molecule has 0 bridgehead atoms. The predicted molar refractivity (Wildman–Crippen MR) is 68.4 cm³/mol. The van der Waals surface area contributed by atoms with E-state index in [9.17, 15) is 5.11 Å². The SMILES string of the molecule is Cc1cc(COc2ccccc2C)ccc1O. The number of phenolic OH excluding ortho intramolecular Hbond substituents is 1. The standard InChI is InChI=1S/C15H16O2/c1-11-5-3-4-6-15(11)17-10-13-7-8-14(16)12(2)9-13/h3-9,16H,10H2,1-2H3. The minimum atomic E-state index is 0.324. The summed E-state index contributed by atoms with van der Waals surface area (Å²) in [4.78, 5) is 0. The summed E-state index contributed by atoms with van der Waals surface area (Å²) >= 11 is 0. The van der Waals surface area contributed by atoms with E-state index in [1.807, 2.05) is 50.2 Å². The van der Waals surface area contributed by atoms with Crippen molar-refractivity contribution >= 4 is 0 Å². The third-order valence-electron chi connectivity index (χ3n) is 2.75. The van der Waals surface area contributed by atoms with E-state index in [1.165, 1.54) is 0 Å². The molecule has 0 amide bonds.